The SMILES string of the molecule is CCC(=O)N1CCC[C@H]1c1nc2cc(-c3ccccc3OC)ccc2o1. The Hall–Kier alpha value is -2.82. The molecule has 1 aromatic heterocycles. The molecule has 1 fully saturated rings. The molecule has 0 aliphatic carbocycles. The van der Waals surface area contributed by atoms with Gasteiger partial charge in [-0.25, -0.2) is 4.98 Å². The number of fused-ring (bicyclic) bond motifs is 1. The molecular formula is C21H22N2O3. The Morgan fingerprint density at radius 2 is 2.15 bits per heavy atom. The molecule has 0 bridgehead atoms. The molecule has 0 unspecified atom stereocenters. The van der Waals surface area contributed by atoms with Crippen molar-refractivity contribution in [3.63, 3.8) is 0 Å². The standard InChI is InChI=1S/C21H22N2O3/c1-3-20(24)23-12-6-8-17(23)21-22-16-13-14(10-11-19(16)26-21)15-7-4-5-9-18(15)25-2/h4-5,7,9-11,13,17H,3,6,8,12H2,1-2H3/t17-/m0/s1. The highest BCUT2D eigenvalue weighted by molar-refractivity contribution is 5.82. The predicted molar refractivity (Wildman–Crippen MR) is 100.0 cm³/mol. The minimum absolute atomic E-state index is 0.0513. The van der Waals surface area contributed by atoms with E-state index in [2.05, 4.69) is 0 Å². The van der Waals surface area contributed by atoms with E-state index in [0.717, 1.165) is 47.4 Å². The maximum atomic E-state index is 12.2. The summed E-state index contributed by atoms with van der Waals surface area (Å²) in [6.07, 6.45) is 2.40. The molecule has 1 aliphatic heterocycles. The van der Waals surface area contributed by atoms with E-state index in [0.29, 0.717) is 12.3 Å². The number of amides is 1. The van der Waals surface area contributed by atoms with Gasteiger partial charge < -0.3 is 14.1 Å². The first kappa shape index (κ1) is 16.6. The van der Waals surface area contributed by atoms with Crippen molar-refractivity contribution >= 4 is 17.0 Å². The molecule has 0 saturated carbocycles. The average molecular weight is 350 g/mol. The molecule has 1 atom stereocenters. The molecule has 1 amide bonds. The molecule has 5 nitrogen and oxygen atoms in total. The van der Waals surface area contributed by atoms with E-state index in [1.165, 1.54) is 0 Å². The van der Waals surface area contributed by atoms with Crippen molar-refractivity contribution in [2.75, 3.05) is 13.7 Å². The van der Waals surface area contributed by atoms with Gasteiger partial charge in [0.15, 0.2) is 5.58 Å². The lowest BCUT2D eigenvalue weighted by atomic mass is 10.0. The highest BCUT2D eigenvalue weighted by atomic mass is 16.5. The highest BCUT2D eigenvalue weighted by Crippen LogP contribution is 2.36. The summed E-state index contributed by atoms with van der Waals surface area (Å²) in [6, 6.07) is 13.8. The van der Waals surface area contributed by atoms with E-state index < -0.39 is 0 Å². The number of para-hydroxylation sites is 1. The van der Waals surface area contributed by atoms with Crippen LogP contribution in [0.4, 0.5) is 0 Å². The topological polar surface area (TPSA) is 55.6 Å². The Morgan fingerprint density at radius 3 is 2.96 bits per heavy atom. The largest absolute Gasteiger partial charge is 0.496 e. The number of rotatable bonds is 4. The minimum Gasteiger partial charge on any atom is -0.496 e. The van der Waals surface area contributed by atoms with Crippen molar-refractivity contribution in [1.82, 2.24) is 9.88 Å². The molecule has 3 aromatic rings. The summed E-state index contributed by atoms with van der Waals surface area (Å²) < 4.78 is 11.5. The molecule has 134 valence electrons. The van der Waals surface area contributed by atoms with Gasteiger partial charge in [-0.15, -0.1) is 0 Å². The molecule has 0 N–H and O–H groups in total. The third-order valence-electron chi connectivity index (χ3n) is 4.98. The highest BCUT2D eigenvalue weighted by Gasteiger charge is 2.32. The summed E-state index contributed by atoms with van der Waals surface area (Å²) in [7, 11) is 1.67. The van der Waals surface area contributed by atoms with Crippen molar-refractivity contribution in [2.45, 2.75) is 32.2 Å². The summed E-state index contributed by atoms with van der Waals surface area (Å²) in [6.45, 7) is 2.67. The number of likely N-dealkylation sites (tertiary alicyclic amines) is 1. The first-order valence-corrected chi connectivity index (χ1v) is 9.04. The van der Waals surface area contributed by atoms with Gasteiger partial charge in [0.05, 0.1) is 7.11 Å². The summed E-state index contributed by atoms with van der Waals surface area (Å²) in [5, 5.41) is 0. The van der Waals surface area contributed by atoms with Gasteiger partial charge in [0.2, 0.25) is 11.8 Å². The Morgan fingerprint density at radius 1 is 1.31 bits per heavy atom. The normalized spacial score (nSPS) is 17.0. The van der Waals surface area contributed by atoms with E-state index in [1.807, 2.05) is 54.3 Å². The van der Waals surface area contributed by atoms with Gasteiger partial charge in [-0.05, 0) is 36.6 Å². The monoisotopic (exact) mass is 350 g/mol. The molecule has 0 radical (unpaired) electrons. The minimum atomic E-state index is -0.0513. The zero-order valence-corrected chi connectivity index (χ0v) is 15.1. The second kappa shape index (κ2) is 6.83. The molecule has 0 spiro atoms. The number of hydrogen-bond donors (Lipinski definition) is 0. The van der Waals surface area contributed by atoms with Crippen LogP contribution in [0.5, 0.6) is 5.75 Å². The Labute approximate surface area is 152 Å². The molecule has 4 rings (SSSR count). The van der Waals surface area contributed by atoms with Gasteiger partial charge in [0.25, 0.3) is 0 Å². The smallest absolute Gasteiger partial charge is 0.222 e. The first-order valence-electron chi connectivity index (χ1n) is 9.04. The van der Waals surface area contributed by atoms with E-state index in [4.69, 9.17) is 14.1 Å². The zero-order valence-electron chi connectivity index (χ0n) is 15.1. The van der Waals surface area contributed by atoms with Gasteiger partial charge in [0, 0.05) is 18.5 Å². The Balaban J connectivity index is 1.71. The molecule has 1 saturated heterocycles. The molecule has 26 heavy (non-hydrogen) atoms. The van der Waals surface area contributed by atoms with E-state index in [-0.39, 0.29) is 11.9 Å². The number of methoxy groups -OCH3 is 1. The van der Waals surface area contributed by atoms with Crippen LogP contribution in [-0.4, -0.2) is 29.4 Å². The second-order valence-electron chi connectivity index (χ2n) is 6.53. The van der Waals surface area contributed by atoms with E-state index in [1.54, 1.807) is 7.11 Å². The third kappa shape index (κ3) is 2.83. The summed E-state index contributed by atoms with van der Waals surface area (Å²) in [5.74, 6) is 1.62. The van der Waals surface area contributed by atoms with Crippen LogP contribution in [0, 0.1) is 0 Å². The molecule has 5 heteroatoms. The molecule has 2 heterocycles. The van der Waals surface area contributed by atoms with Crippen molar-refractivity contribution in [1.29, 1.82) is 0 Å². The number of ether oxygens (including phenoxy) is 1. The van der Waals surface area contributed by atoms with E-state index >= 15 is 0 Å². The van der Waals surface area contributed by atoms with Crippen LogP contribution in [0.1, 0.15) is 38.1 Å². The lowest BCUT2D eigenvalue weighted by molar-refractivity contribution is -0.132. The number of nitrogens with zero attached hydrogens (tertiary/aromatic N) is 2. The van der Waals surface area contributed by atoms with Gasteiger partial charge in [-0.3, -0.25) is 4.79 Å². The van der Waals surface area contributed by atoms with E-state index in [9.17, 15) is 4.79 Å². The fourth-order valence-electron chi connectivity index (χ4n) is 3.66. The van der Waals surface area contributed by atoms with Crippen molar-refractivity contribution < 1.29 is 13.9 Å². The van der Waals surface area contributed by atoms with Crippen LogP contribution in [0.15, 0.2) is 46.9 Å². The Kier molecular flexibility index (Phi) is 4.37. The predicted octanol–water partition coefficient (Wildman–Crippen LogP) is 4.58. The van der Waals surface area contributed by atoms with Crippen molar-refractivity contribution in [3.8, 4) is 16.9 Å². The third-order valence-corrected chi connectivity index (χ3v) is 4.98. The van der Waals surface area contributed by atoms with Gasteiger partial charge in [0.1, 0.15) is 17.3 Å². The van der Waals surface area contributed by atoms with Crippen LogP contribution >= 0.6 is 0 Å². The lowest BCUT2D eigenvalue weighted by Crippen LogP contribution is -2.29. The quantitative estimate of drug-likeness (QED) is 0.691. The number of benzene rings is 2. The molecular weight excluding hydrogens is 328 g/mol. The maximum Gasteiger partial charge on any atom is 0.222 e. The fraction of sp³-hybridized carbons (Fsp3) is 0.333. The van der Waals surface area contributed by atoms with Gasteiger partial charge in [-0.1, -0.05) is 31.2 Å². The molecule has 1 aliphatic rings. The zero-order chi connectivity index (χ0) is 18.1. The molecule has 2 aromatic carbocycles. The first-order chi connectivity index (χ1) is 12.7. The number of carbonyl (C=O) groups is 1. The van der Waals surface area contributed by atoms with Crippen LogP contribution in [-0.2, 0) is 4.79 Å². The second-order valence-corrected chi connectivity index (χ2v) is 6.53. The van der Waals surface area contributed by atoms with Crippen LogP contribution < -0.4 is 4.74 Å². The number of carbonyl (C=O) groups excluding carboxylic acids is 1. The number of aromatic nitrogens is 1. The Bertz CT molecular complexity index is 947. The lowest BCUT2D eigenvalue weighted by Gasteiger charge is -2.21. The number of oxazole rings is 1. The van der Waals surface area contributed by atoms with Crippen molar-refractivity contribution in [2.24, 2.45) is 0 Å². The summed E-state index contributed by atoms with van der Waals surface area (Å²) >= 11 is 0. The fourth-order valence-corrected chi connectivity index (χ4v) is 3.66. The summed E-state index contributed by atoms with van der Waals surface area (Å²) in [5.41, 5.74) is 3.60. The number of hydrogen-bond acceptors (Lipinski definition) is 4. The van der Waals surface area contributed by atoms with Crippen molar-refractivity contribution in [3.05, 3.63) is 48.4 Å². The maximum absolute atomic E-state index is 12.2. The van der Waals surface area contributed by atoms with Crippen LogP contribution in [0.2, 0.25) is 0 Å². The summed E-state index contributed by atoms with van der Waals surface area (Å²) in [4.78, 5) is 18.8. The van der Waals surface area contributed by atoms with Gasteiger partial charge in [-0.2, -0.15) is 0 Å². The van der Waals surface area contributed by atoms with Crippen LogP contribution in [0.25, 0.3) is 22.2 Å². The average Bonchev–Trinajstić information content (AvgIpc) is 3.33. The van der Waals surface area contributed by atoms with Crippen LogP contribution in [0.3, 0.4) is 0 Å². The van der Waals surface area contributed by atoms with Gasteiger partial charge >= 0.3 is 0 Å².